The van der Waals surface area contributed by atoms with Crippen LogP contribution in [0, 0.1) is 11.3 Å². The maximum Gasteiger partial charge on any atom is 0.156 e. The largest absolute Gasteiger partial charge is 0.493 e. The second-order valence-electron chi connectivity index (χ2n) is 6.60. The van der Waals surface area contributed by atoms with Gasteiger partial charge in [-0.1, -0.05) is 32.4 Å². The van der Waals surface area contributed by atoms with Gasteiger partial charge in [-0.2, -0.15) is 0 Å². The molecule has 1 aliphatic rings. The van der Waals surface area contributed by atoms with Crippen LogP contribution in [0.4, 0.5) is 5.69 Å². The molecule has 0 amide bonds. The van der Waals surface area contributed by atoms with E-state index in [1.807, 2.05) is 12.1 Å². The third-order valence-corrected chi connectivity index (χ3v) is 5.05. The maximum absolute atomic E-state index is 6.15. The molecule has 0 aliphatic heterocycles. The zero-order valence-corrected chi connectivity index (χ0v) is 14.9. The first-order chi connectivity index (χ1) is 9.32. The summed E-state index contributed by atoms with van der Waals surface area (Å²) >= 11 is 9.66. The molecule has 1 aliphatic carbocycles. The molecule has 4 heteroatoms. The summed E-state index contributed by atoms with van der Waals surface area (Å²) in [5, 5.41) is 4.34. The Hall–Kier alpha value is -0.410. The van der Waals surface area contributed by atoms with Crippen molar-refractivity contribution in [3.05, 3.63) is 21.6 Å². The van der Waals surface area contributed by atoms with Gasteiger partial charge in [0.05, 0.1) is 17.3 Å². The van der Waals surface area contributed by atoms with Crippen molar-refractivity contribution in [1.29, 1.82) is 0 Å². The fourth-order valence-corrected chi connectivity index (χ4v) is 4.21. The number of anilines is 1. The summed E-state index contributed by atoms with van der Waals surface area (Å²) in [5.74, 6) is 1.47. The Labute approximate surface area is 135 Å². The lowest BCUT2D eigenvalue weighted by Gasteiger charge is -2.40. The minimum absolute atomic E-state index is 0.455. The van der Waals surface area contributed by atoms with E-state index in [4.69, 9.17) is 16.3 Å². The van der Waals surface area contributed by atoms with Crippen LogP contribution in [0.15, 0.2) is 16.6 Å². The van der Waals surface area contributed by atoms with E-state index in [2.05, 4.69) is 42.0 Å². The van der Waals surface area contributed by atoms with Gasteiger partial charge in [0, 0.05) is 11.1 Å². The molecule has 1 aromatic carbocycles. The second kappa shape index (κ2) is 6.15. The SMILES string of the molecule is COc1c(Br)cc(Cl)cc1NC1CCC(C)(C)CC1C. The summed E-state index contributed by atoms with van der Waals surface area (Å²) in [6.07, 6.45) is 3.68. The lowest BCUT2D eigenvalue weighted by molar-refractivity contribution is 0.177. The molecule has 0 spiro atoms. The number of hydrogen-bond donors (Lipinski definition) is 1. The fourth-order valence-electron chi connectivity index (χ4n) is 3.24. The van der Waals surface area contributed by atoms with Gasteiger partial charge in [0.15, 0.2) is 5.75 Å². The monoisotopic (exact) mass is 359 g/mol. The van der Waals surface area contributed by atoms with E-state index in [0.717, 1.165) is 15.9 Å². The average Bonchev–Trinajstić information content (AvgIpc) is 2.31. The van der Waals surface area contributed by atoms with Gasteiger partial charge in [0.2, 0.25) is 0 Å². The molecule has 1 N–H and O–H groups in total. The molecule has 20 heavy (non-hydrogen) atoms. The Kier molecular flexibility index (Phi) is 4.91. The van der Waals surface area contributed by atoms with Crippen molar-refractivity contribution in [2.24, 2.45) is 11.3 Å². The zero-order chi connectivity index (χ0) is 14.9. The molecule has 1 aromatic rings. The van der Waals surface area contributed by atoms with Crippen LogP contribution >= 0.6 is 27.5 Å². The number of nitrogens with one attached hydrogen (secondary N) is 1. The van der Waals surface area contributed by atoms with Crippen LogP contribution < -0.4 is 10.1 Å². The van der Waals surface area contributed by atoms with E-state index < -0.39 is 0 Å². The standard InChI is InChI=1S/C16H23BrClNO/c1-10-9-16(2,3)6-5-13(10)19-14-8-11(18)7-12(17)15(14)20-4/h7-8,10,13,19H,5-6,9H2,1-4H3. The summed E-state index contributed by atoms with van der Waals surface area (Å²) in [6.45, 7) is 7.04. The Bertz CT molecular complexity index is 490. The number of hydrogen-bond acceptors (Lipinski definition) is 2. The molecular weight excluding hydrogens is 338 g/mol. The van der Waals surface area contributed by atoms with Crippen LogP contribution in [0.5, 0.6) is 5.75 Å². The highest BCUT2D eigenvalue weighted by Crippen LogP contribution is 2.42. The molecule has 0 radical (unpaired) electrons. The number of ether oxygens (including phenoxy) is 1. The van der Waals surface area contributed by atoms with Crippen molar-refractivity contribution < 1.29 is 4.74 Å². The van der Waals surface area contributed by atoms with Crippen molar-refractivity contribution in [3.63, 3.8) is 0 Å². The van der Waals surface area contributed by atoms with E-state index in [1.54, 1.807) is 7.11 Å². The molecule has 0 aromatic heterocycles. The second-order valence-corrected chi connectivity index (χ2v) is 7.89. The number of halogens is 2. The minimum atomic E-state index is 0.455. The van der Waals surface area contributed by atoms with Gasteiger partial charge in [-0.05, 0) is 58.7 Å². The van der Waals surface area contributed by atoms with Crippen molar-refractivity contribution >= 4 is 33.2 Å². The van der Waals surface area contributed by atoms with Crippen molar-refractivity contribution in [2.45, 2.75) is 46.1 Å². The third kappa shape index (κ3) is 3.62. The molecule has 2 rings (SSSR count). The van der Waals surface area contributed by atoms with Gasteiger partial charge in [-0.25, -0.2) is 0 Å². The first-order valence-electron chi connectivity index (χ1n) is 7.12. The van der Waals surface area contributed by atoms with Gasteiger partial charge in [-0.15, -0.1) is 0 Å². The Morgan fingerprint density at radius 3 is 2.70 bits per heavy atom. The lowest BCUT2D eigenvalue weighted by atomic mass is 9.70. The topological polar surface area (TPSA) is 21.3 Å². The first-order valence-corrected chi connectivity index (χ1v) is 8.29. The highest BCUT2D eigenvalue weighted by molar-refractivity contribution is 9.10. The predicted octanol–water partition coefficient (Wildman–Crippen LogP) is 5.74. The van der Waals surface area contributed by atoms with E-state index in [-0.39, 0.29) is 0 Å². The molecule has 0 heterocycles. The molecular formula is C16H23BrClNO. The molecule has 2 unspecified atom stereocenters. The van der Waals surface area contributed by atoms with Crippen LogP contribution in [0.3, 0.4) is 0 Å². The highest BCUT2D eigenvalue weighted by atomic mass is 79.9. The Balaban J connectivity index is 2.18. The van der Waals surface area contributed by atoms with Crippen LogP contribution in [0.25, 0.3) is 0 Å². The van der Waals surface area contributed by atoms with Gasteiger partial charge in [-0.3, -0.25) is 0 Å². The van der Waals surface area contributed by atoms with Crippen molar-refractivity contribution in [1.82, 2.24) is 0 Å². The van der Waals surface area contributed by atoms with E-state index in [1.165, 1.54) is 19.3 Å². The van der Waals surface area contributed by atoms with Crippen LogP contribution in [0.1, 0.15) is 40.0 Å². The highest BCUT2D eigenvalue weighted by Gasteiger charge is 2.32. The summed E-state index contributed by atoms with van der Waals surface area (Å²) in [5.41, 5.74) is 1.43. The maximum atomic E-state index is 6.15. The summed E-state index contributed by atoms with van der Waals surface area (Å²) < 4.78 is 6.37. The zero-order valence-electron chi connectivity index (χ0n) is 12.6. The normalized spacial score (nSPS) is 25.3. The Morgan fingerprint density at radius 2 is 2.10 bits per heavy atom. The van der Waals surface area contributed by atoms with Gasteiger partial charge in [0.1, 0.15) is 0 Å². The Morgan fingerprint density at radius 1 is 1.40 bits per heavy atom. The molecule has 2 atom stereocenters. The quantitative estimate of drug-likeness (QED) is 0.742. The van der Waals surface area contributed by atoms with Gasteiger partial charge < -0.3 is 10.1 Å². The van der Waals surface area contributed by atoms with E-state index >= 15 is 0 Å². The molecule has 2 nitrogen and oxygen atoms in total. The third-order valence-electron chi connectivity index (χ3n) is 4.25. The molecule has 112 valence electrons. The fraction of sp³-hybridized carbons (Fsp3) is 0.625. The van der Waals surface area contributed by atoms with Crippen molar-refractivity contribution in [3.8, 4) is 5.75 Å². The summed E-state index contributed by atoms with van der Waals surface area (Å²) in [4.78, 5) is 0. The first kappa shape index (κ1) is 16.0. The number of rotatable bonds is 3. The predicted molar refractivity (Wildman–Crippen MR) is 89.9 cm³/mol. The summed E-state index contributed by atoms with van der Waals surface area (Å²) in [6, 6.07) is 4.28. The molecule has 1 saturated carbocycles. The minimum Gasteiger partial charge on any atom is -0.493 e. The average molecular weight is 361 g/mol. The molecule has 0 bridgehead atoms. The van der Waals surface area contributed by atoms with Crippen LogP contribution in [0.2, 0.25) is 5.02 Å². The van der Waals surface area contributed by atoms with Gasteiger partial charge >= 0.3 is 0 Å². The summed E-state index contributed by atoms with van der Waals surface area (Å²) in [7, 11) is 1.69. The van der Waals surface area contributed by atoms with E-state index in [9.17, 15) is 0 Å². The molecule has 0 saturated heterocycles. The smallest absolute Gasteiger partial charge is 0.156 e. The lowest BCUT2D eigenvalue weighted by Crippen LogP contribution is -2.36. The van der Waals surface area contributed by atoms with Crippen LogP contribution in [-0.4, -0.2) is 13.2 Å². The van der Waals surface area contributed by atoms with E-state index in [0.29, 0.717) is 22.4 Å². The van der Waals surface area contributed by atoms with Crippen LogP contribution in [-0.2, 0) is 0 Å². The number of methoxy groups -OCH3 is 1. The number of benzene rings is 1. The molecule has 1 fully saturated rings. The van der Waals surface area contributed by atoms with Crippen molar-refractivity contribution in [2.75, 3.05) is 12.4 Å². The van der Waals surface area contributed by atoms with Gasteiger partial charge in [0.25, 0.3) is 0 Å².